The highest BCUT2D eigenvalue weighted by molar-refractivity contribution is 6.04. The zero-order valence-electron chi connectivity index (χ0n) is 12.7. The number of nitrogens with one attached hydrogen (secondary N) is 1. The number of methoxy groups -OCH3 is 1. The Bertz CT molecular complexity index is 937. The Hall–Kier alpha value is -3.33. The molecule has 3 aromatic rings. The van der Waals surface area contributed by atoms with E-state index in [1.807, 2.05) is 6.07 Å². The van der Waals surface area contributed by atoms with E-state index < -0.39 is 0 Å². The van der Waals surface area contributed by atoms with Crippen LogP contribution in [0.15, 0.2) is 42.6 Å². The summed E-state index contributed by atoms with van der Waals surface area (Å²) in [7, 11) is 1.56. The Morgan fingerprint density at radius 1 is 1.35 bits per heavy atom. The Kier molecular flexibility index (Phi) is 3.69. The van der Waals surface area contributed by atoms with Gasteiger partial charge in [-0.25, -0.2) is 4.98 Å². The van der Waals surface area contributed by atoms with Crippen molar-refractivity contribution in [3.8, 4) is 11.8 Å². The lowest BCUT2D eigenvalue weighted by Crippen LogP contribution is -2.15. The second kappa shape index (κ2) is 5.81. The van der Waals surface area contributed by atoms with E-state index >= 15 is 0 Å². The summed E-state index contributed by atoms with van der Waals surface area (Å²) in [4.78, 5) is 17.0. The number of nitriles is 1. The molecule has 0 aliphatic carbocycles. The van der Waals surface area contributed by atoms with E-state index in [2.05, 4.69) is 10.3 Å². The molecule has 1 aromatic carbocycles. The lowest BCUT2D eigenvalue weighted by atomic mass is 10.2. The molecular formula is C17H14N4O2. The number of imidazole rings is 1. The van der Waals surface area contributed by atoms with E-state index in [9.17, 15) is 4.79 Å². The minimum atomic E-state index is -0.293. The van der Waals surface area contributed by atoms with E-state index in [0.717, 1.165) is 0 Å². The molecule has 114 valence electrons. The second-order valence-electron chi connectivity index (χ2n) is 4.96. The topological polar surface area (TPSA) is 79.4 Å². The summed E-state index contributed by atoms with van der Waals surface area (Å²) in [6.45, 7) is 1.77. The van der Waals surface area contributed by atoms with Gasteiger partial charge in [-0.2, -0.15) is 5.26 Å². The van der Waals surface area contributed by atoms with Gasteiger partial charge in [0, 0.05) is 11.9 Å². The van der Waals surface area contributed by atoms with Crippen LogP contribution in [0.4, 0.5) is 5.69 Å². The van der Waals surface area contributed by atoms with Crippen LogP contribution in [0.1, 0.15) is 21.7 Å². The zero-order valence-corrected chi connectivity index (χ0v) is 12.7. The smallest absolute Gasteiger partial charge is 0.274 e. The number of ether oxygens (including phenoxy) is 1. The van der Waals surface area contributed by atoms with Crippen molar-refractivity contribution in [3.05, 3.63) is 59.5 Å². The van der Waals surface area contributed by atoms with Gasteiger partial charge in [0.25, 0.3) is 5.91 Å². The third-order valence-electron chi connectivity index (χ3n) is 3.47. The number of carbonyl (C=O) groups is 1. The van der Waals surface area contributed by atoms with Crippen molar-refractivity contribution in [3.63, 3.8) is 0 Å². The van der Waals surface area contributed by atoms with Crippen LogP contribution < -0.4 is 10.1 Å². The Morgan fingerprint density at radius 2 is 2.17 bits per heavy atom. The number of hydrogen-bond acceptors (Lipinski definition) is 4. The predicted octanol–water partition coefficient (Wildman–Crippen LogP) is 2.78. The number of carbonyl (C=O) groups excluding carboxylic acids is 1. The average molecular weight is 306 g/mol. The van der Waals surface area contributed by atoms with Crippen LogP contribution in [0, 0.1) is 18.3 Å². The molecule has 3 rings (SSSR count). The molecule has 6 nitrogen and oxygen atoms in total. The molecule has 0 aliphatic heterocycles. The van der Waals surface area contributed by atoms with Gasteiger partial charge in [-0.05, 0) is 37.3 Å². The summed E-state index contributed by atoms with van der Waals surface area (Å²) in [6, 6.07) is 12.4. The second-order valence-corrected chi connectivity index (χ2v) is 4.96. The lowest BCUT2D eigenvalue weighted by Gasteiger charge is -2.07. The molecule has 1 N–H and O–H groups in total. The number of fused-ring (bicyclic) bond motifs is 1. The van der Waals surface area contributed by atoms with Crippen LogP contribution in [0.2, 0.25) is 0 Å². The molecule has 0 aliphatic rings. The summed E-state index contributed by atoms with van der Waals surface area (Å²) in [5, 5.41) is 11.7. The fourth-order valence-electron chi connectivity index (χ4n) is 2.45. The fourth-order valence-corrected chi connectivity index (χ4v) is 2.45. The minimum Gasteiger partial charge on any atom is -0.493 e. The first-order valence-electron chi connectivity index (χ1n) is 6.97. The van der Waals surface area contributed by atoms with Gasteiger partial charge in [-0.1, -0.05) is 6.07 Å². The fraction of sp³-hybridized carbons (Fsp3) is 0.118. The number of anilines is 1. The molecule has 0 radical (unpaired) electrons. The molecule has 0 spiro atoms. The number of pyridine rings is 1. The molecular weight excluding hydrogens is 292 g/mol. The zero-order chi connectivity index (χ0) is 16.4. The quantitative estimate of drug-likeness (QED) is 0.807. The number of nitrogens with zero attached hydrogens (tertiary/aromatic N) is 3. The standard InChI is InChI=1S/C17H14N4O2/c1-11-15(21-8-4-7-14(23-2)16(21)19-11)17(22)20-13-6-3-5-12(9-13)10-18/h3-9H,1-2H3,(H,20,22). The van der Waals surface area contributed by atoms with Gasteiger partial charge in [0.05, 0.1) is 24.4 Å². The maximum absolute atomic E-state index is 12.6. The van der Waals surface area contributed by atoms with E-state index in [-0.39, 0.29) is 5.91 Å². The molecule has 23 heavy (non-hydrogen) atoms. The average Bonchev–Trinajstić information content (AvgIpc) is 2.90. The van der Waals surface area contributed by atoms with Gasteiger partial charge in [0.1, 0.15) is 5.69 Å². The number of benzene rings is 1. The summed E-state index contributed by atoms with van der Waals surface area (Å²) in [5.41, 5.74) is 2.67. The Labute approximate surface area is 133 Å². The number of rotatable bonds is 3. The van der Waals surface area contributed by atoms with Crippen molar-refractivity contribution in [1.29, 1.82) is 5.26 Å². The maximum Gasteiger partial charge on any atom is 0.274 e. The molecule has 1 amide bonds. The highest BCUT2D eigenvalue weighted by Gasteiger charge is 2.18. The molecule has 0 bridgehead atoms. The third-order valence-corrected chi connectivity index (χ3v) is 3.47. The lowest BCUT2D eigenvalue weighted by molar-refractivity contribution is 0.102. The van der Waals surface area contributed by atoms with E-state index in [1.165, 1.54) is 0 Å². The molecule has 0 saturated heterocycles. The molecule has 6 heteroatoms. The largest absolute Gasteiger partial charge is 0.493 e. The summed E-state index contributed by atoms with van der Waals surface area (Å²) < 4.78 is 6.97. The summed E-state index contributed by atoms with van der Waals surface area (Å²) in [6.07, 6.45) is 1.76. The van der Waals surface area contributed by atoms with E-state index in [4.69, 9.17) is 10.00 Å². The molecule has 0 saturated carbocycles. The van der Waals surface area contributed by atoms with Crippen LogP contribution in [0.5, 0.6) is 5.75 Å². The number of hydrogen-bond donors (Lipinski definition) is 1. The molecule has 2 heterocycles. The SMILES string of the molecule is COc1cccn2c(C(=O)Nc3cccc(C#N)c3)c(C)nc12. The highest BCUT2D eigenvalue weighted by atomic mass is 16.5. The minimum absolute atomic E-state index is 0.293. The highest BCUT2D eigenvalue weighted by Crippen LogP contribution is 2.22. The van der Waals surface area contributed by atoms with Gasteiger partial charge >= 0.3 is 0 Å². The van der Waals surface area contributed by atoms with Gasteiger partial charge in [0.2, 0.25) is 0 Å². The first-order chi connectivity index (χ1) is 11.1. The maximum atomic E-state index is 12.6. The Balaban J connectivity index is 2.01. The van der Waals surface area contributed by atoms with Gasteiger partial charge < -0.3 is 10.1 Å². The van der Waals surface area contributed by atoms with Crippen molar-refractivity contribution < 1.29 is 9.53 Å². The first-order valence-corrected chi connectivity index (χ1v) is 6.97. The van der Waals surface area contributed by atoms with Crippen molar-refractivity contribution in [2.75, 3.05) is 12.4 Å². The van der Waals surface area contributed by atoms with Crippen LogP contribution in [-0.4, -0.2) is 22.4 Å². The number of aryl methyl sites for hydroxylation is 1. The van der Waals surface area contributed by atoms with Gasteiger partial charge in [0.15, 0.2) is 11.4 Å². The Morgan fingerprint density at radius 3 is 2.91 bits per heavy atom. The normalized spacial score (nSPS) is 10.3. The predicted molar refractivity (Wildman–Crippen MR) is 85.6 cm³/mol. The molecule has 0 atom stereocenters. The van der Waals surface area contributed by atoms with E-state index in [0.29, 0.717) is 34.0 Å². The van der Waals surface area contributed by atoms with Crippen molar-refractivity contribution in [2.24, 2.45) is 0 Å². The number of aromatic nitrogens is 2. The molecule has 0 unspecified atom stereocenters. The van der Waals surface area contributed by atoms with E-state index in [1.54, 1.807) is 61.0 Å². The molecule has 2 aromatic heterocycles. The van der Waals surface area contributed by atoms with Gasteiger partial charge in [-0.15, -0.1) is 0 Å². The summed E-state index contributed by atoms with van der Waals surface area (Å²) >= 11 is 0. The van der Waals surface area contributed by atoms with Crippen LogP contribution >= 0.6 is 0 Å². The van der Waals surface area contributed by atoms with Crippen molar-refractivity contribution in [1.82, 2.24) is 9.38 Å². The van der Waals surface area contributed by atoms with Crippen LogP contribution in [0.3, 0.4) is 0 Å². The first kappa shape index (κ1) is 14.6. The van der Waals surface area contributed by atoms with Crippen molar-refractivity contribution in [2.45, 2.75) is 6.92 Å². The van der Waals surface area contributed by atoms with Crippen LogP contribution in [0.25, 0.3) is 5.65 Å². The summed E-state index contributed by atoms with van der Waals surface area (Å²) in [5.74, 6) is 0.305. The van der Waals surface area contributed by atoms with Crippen molar-refractivity contribution >= 4 is 17.2 Å². The monoisotopic (exact) mass is 306 g/mol. The molecule has 0 fully saturated rings. The third kappa shape index (κ3) is 2.60. The van der Waals surface area contributed by atoms with Gasteiger partial charge in [-0.3, -0.25) is 9.20 Å². The number of amides is 1. The van der Waals surface area contributed by atoms with Crippen LogP contribution in [-0.2, 0) is 0 Å².